The van der Waals surface area contributed by atoms with Crippen molar-refractivity contribution in [2.75, 3.05) is 6.61 Å². The van der Waals surface area contributed by atoms with Crippen LogP contribution in [0.3, 0.4) is 0 Å². The maximum absolute atomic E-state index is 5.43. The molecule has 0 unspecified atom stereocenters. The molecule has 0 saturated heterocycles. The van der Waals surface area contributed by atoms with Gasteiger partial charge in [-0.15, -0.1) is 0 Å². The van der Waals surface area contributed by atoms with Crippen LogP contribution in [0.2, 0.25) is 0 Å². The van der Waals surface area contributed by atoms with Gasteiger partial charge in [0.2, 0.25) is 5.82 Å². The highest BCUT2D eigenvalue weighted by Gasteiger charge is 2.16. The van der Waals surface area contributed by atoms with Crippen LogP contribution in [0.25, 0.3) is 28.7 Å². The third-order valence-electron chi connectivity index (χ3n) is 3.09. The normalized spacial score (nSPS) is 11.1. The number of aromatic nitrogens is 4. The number of fused-ring (bicyclic) bond motifs is 1. The zero-order valence-electron chi connectivity index (χ0n) is 11.8. The van der Waals surface area contributed by atoms with E-state index < -0.39 is 0 Å². The highest BCUT2D eigenvalue weighted by molar-refractivity contribution is 5.62. The molecule has 0 aliphatic heterocycles. The summed E-state index contributed by atoms with van der Waals surface area (Å²) in [5.74, 6) is 1.77. The molecule has 4 aromatic heterocycles. The van der Waals surface area contributed by atoms with Gasteiger partial charge in [-0.2, -0.15) is 19.6 Å². The first-order valence-corrected chi connectivity index (χ1v) is 6.83. The van der Waals surface area contributed by atoms with E-state index in [1.54, 1.807) is 23.1 Å². The summed E-state index contributed by atoms with van der Waals surface area (Å²) in [6.45, 7) is 2.36. The van der Waals surface area contributed by atoms with Gasteiger partial charge in [0.1, 0.15) is 5.69 Å². The van der Waals surface area contributed by atoms with E-state index in [0.29, 0.717) is 35.3 Å². The van der Waals surface area contributed by atoms with Crippen LogP contribution < -0.4 is 4.74 Å². The molecule has 0 N–H and O–H groups in total. The molecule has 0 aromatic carbocycles. The fourth-order valence-corrected chi connectivity index (χ4v) is 2.17. The Balaban J connectivity index is 1.95. The Kier molecular flexibility index (Phi) is 2.89. The van der Waals surface area contributed by atoms with E-state index >= 15 is 0 Å². The fourth-order valence-electron chi connectivity index (χ4n) is 2.17. The molecule has 7 heteroatoms. The Bertz CT molecular complexity index is 895. The van der Waals surface area contributed by atoms with Crippen LogP contribution in [0.5, 0.6) is 6.01 Å². The molecule has 22 heavy (non-hydrogen) atoms. The van der Waals surface area contributed by atoms with Gasteiger partial charge in [0.25, 0.3) is 0 Å². The summed E-state index contributed by atoms with van der Waals surface area (Å²) in [6, 6.07) is 9.35. The lowest BCUT2D eigenvalue weighted by molar-refractivity contribution is 0.312. The van der Waals surface area contributed by atoms with E-state index in [1.807, 2.05) is 31.2 Å². The van der Waals surface area contributed by atoms with Crippen molar-refractivity contribution in [3.05, 3.63) is 42.9 Å². The number of ether oxygens (including phenoxy) is 1. The second kappa shape index (κ2) is 5.03. The van der Waals surface area contributed by atoms with Crippen molar-refractivity contribution in [3.63, 3.8) is 0 Å². The van der Waals surface area contributed by atoms with Crippen LogP contribution in [0, 0.1) is 0 Å². The van der Waals surface area contributed by atoms with E-state index in [0.717, 1.165) is 0 Å². The number of furan rings is 2. The molecular formula is C15H12N4O3. The molecule has 4 rings (SSSR count). The molecule has 4 heterocycles. The summed E-state index contributed by atoms with van der Waals surface area (Å²) >= 11 is 0. The van der Waals surface area contributed by atoms with Crippen molar-refractivity contribution >= 4 is 5.65 Å². The Morgan fingerprint density at radius 2 is 1.86 bits per heavy atom. The lowest BCUT2D eigenvalue weighted by Crippen LogP contribution is -2.04. The second-order valence-corrected chi connectivity index (χ2v) is 4.52. The van der Waals surface area contributed by atoms with Gasteiger partial charge in [-0.3, -0.25) is 0 Å². The van der Waals surface area contributed by atoms with Gasteiger partial charge in [-0.05, 0) is 31.2 Å². The Morgan fingerprint density at radius 3 is 2.55 bits per heavy atom. The summed E-state index contributed by atoms with van der Waals surface area (Å²) < 4.78 is 17.8. The summed E-state index contributed by atoms with van der Waals surface area (Å²) in [5.41, 5.74) is 1.28. The Morgan fingerprint density at radius 1 is 1.09 bits per heavy atom. The van der Waals surface area contributed by atoms with Gasteiger partial charge in [-0.1, -0.05) is 0 Å². The molecule has 0 aliphatic carbocycles. The fraction of sp³-hybridized carbons (Fsp3) is 0.133. The summed E-state index contributed by atoms with van der Waals surface area (Å²) in [5, 5.41) is 4.49. The number of hydrogen-bond donors (Lipinski definition) is 0. The first kappa shape index (κ1) is 12.6. The second-order valence-electron chi connectivity index (χ2n) is 4.52. The molecule has 4 aromatic rings. The molecule has 7 nitrogen and oxygen atoms in total. The summed E-state index contributed by atoms with van der Waals surface area (Å²) in [7, 11) is 0. The molecule has 0 amide bonds. The highest BCUT2D eigenvalue weighted by atomic mass is 16.5. The monoisotopic (exact) mass is 296 g/mol. The van der Waals surface area contributed by atoms with Crippen molar-refractivity contribution in [1.82, 2.24) is 19.6 Å². The maximum Gasteiger partial charge on any atom is 0.320 e. The van der Waals surface area contributed by atoms with Crippen molar-refractivity contribution in [2.24, 2.45) is 0 Å². The van der Waals surface area contributed by atoms with E-state index in [1.165, 1.54) is 0 Å². The molecule has 0 aliphatic rings. The standard InChI is InChI=1S/C15H12N4O3/c1-2-20-15-16-13-9-10(11-5-3-7-21-11)18-19(13)14(17-15)12-6-4-8-22-12/h3-9H,2H2,1H3. The molecule has 0 spiro atoms. The zero-order valence-corrected chi connectivity index (χ0v) is 11.8. The van der Waals surface area contributed by atoms with Crippen LogP contribution in [0.15, 0.2) is 51.7 Å². The van der Waals surface area contributed by atoms with Gasteiger partial charge in [0, 0.05) is 6.07 Å². The zero-order chi connectivity index (χ0) is 14.9. The van der Waals surface area contributed by atoms with Gasteiger partial charge < -0.3 is 13.6 Å². The predicted molar refractivity (Wildman–Crippen MR) is 77.4 cm³/mol. The van der Waals surface area contributed by atoms with Crippen molar-refractivity contribution in [3.8, 4) is 29.0 Å². The highest BCUT2D eigenvalue weighted by Crippen LogP contribution is 2.25. The van der Waals surface area contributed by atoms with Crippen LogP contribution in [0.1, 0.15) is 6.92 Å². The molecule has 0 radical (unpaired) electrons. The molecule has 0 fully saturated rings. The lowest BCUT2D eigenvalue weighted by Gasteiger charge is -2.04. The molecule has 110 valence electrons. The van der Waals surface area contributed by atoms with E-state index in [-0.39, 0.29) is 6.01 Å². The first-order valence-electron chi connectivity index (χ1n) is 6.83. The van der Waals surface area contributed by atoms with Gasteiger partial charge in [0.15, 0.2) is 17.2 Å². The van der Waals surface area contributed by atoms with Gasteiger partial charge in [-0.25, -0.2) is 0 Å². The molecule has 0 saturated carbocycles. The predicted octanol–water partition coefficient (Wildman–Crippen LogP) is 3.04. The minimum Gasteiger partial charge on any atom is -0.464 e. The minimum atomic E-state index is 0.285. The maximum atomic E-state index is 5.43. The number of rotatable bonds is 4. The van der Waals surface area contributed by atoms with Crippen LogP contribution >= 0.6 is 0 Å². The smallest absolute Gasteiger partial charge is 0.320 e. The quantitative estimate of drug-likeness (QED) is 0.576. The Labute approximate surface area is 125 Å². The Hall–Kier alpha value is -3.09. The lowest BCUT2D eigenvalue weighted by atomic mass is 10.3. The average molecular weight is 296 g/mol. The first-order chi connectivity index (χ1) is 10.8. The molecule has 0 atom stereocenters. The van der Waals surface area contributed by atoms with Crippen molar-refractivity contribution in [2.45, 2.75) is 6.92 Å². The summed E-state index contributed by atoms with van der Waals surface area (Å²) in [4.78, 5) is 8.72. The van der Waals surface area contributed by atoms with E-state index in [4.69, 9.17) is 13.6 Å². The van der Waals surface area contributed by atoms with Crippen molar-refractivity contribution < 1.29 is 13.6 Å². The SMILES string of the molecule is CCOc1nc(-c2ccco2)n2nc(-c3ccco3)cc2n1. The van der Waals surface area contributed by atoms with Crippen LogP contribution in [-0.2, 0) is 0 Å². The summed E-state index contributed by atoms with van der Waals surface area (Å²) in [6.07, 6.45) is 3.19. The van der Waals surface area contributed by atoms with Crippen molar-refractivity contribution in [1.29, 1.82) is 0 Å². The van der Waals surface area contributed by atoms with E-state index in [9.17, 15) is 0 Å². The van der Waals surface area contributed by atoms with Gasteiger partial charge >= 0.3 is 6.01 Å². The third kappa shape index (κ3) is 2.03. The van der Waals surface area contributed by atoms with Gasteiger partial charge in [0.05, 0.1) is 19.1 Å². The molecular weight excluding hydrogens is 284 g/mol. The average Bonchev–Trinajstić information content (AvgIpc) is 3.26. The molecule has 0 bridgehead atoms. The third-order valence-corrected chi connectivity index (χ3v) is 3.09. The number of nitrogens with zero attached hydrogens (tertiary/aromatic N) is 4. The minimum absolute atomic E-state index is 0.285. The van der Waals surface area contributed by atoms with Crippen LogP contribution in [0.4, 0.5) is 0 Å². The number of hydrogen-bond acceptors (Lipinski definition) is 6. The topological polar surface area (TPSA) is 78.6 Å². The van der Waals surface area contributed by atoms with Crippen LogP contribution in [-0.4, -0.2) is 26.2 Å². The largest absolute Gasteiger partial charge is 0.464 e. The van der Waals surface area contributed by atoms with E-state index in [2.05, 4.69) is 15.1 Å².